The number of nitrogens with one attached hydrogen (secondary N) is 1. The van der Waals surface area contributed by atoms with Crippen LogP contribution in [-0.2, 0) is 9.53 Å². The van der Waals surface area contributed by atoms with Crippen LogP contribution in [0.5, 0.6) is 5.75 Å². The molecule has 1 atom stereocenters. The van der Waals surface area contributed by atoms with E-state index >= 15 is 0 Å². The Morgan fingerprint density at radius 3 is 2.85 bits per heavy atom. The highest BCUT2D eigenvalue weighted by atomic mass is 19.1. The van der Waals surface area contributed by atoms with Crippen LogP contribution in [0.15, 0.2) is 24.3 Å². The van der Waals surface area contributed by atoms with E-state index in [0.717, 1.165) is 25.9 Å². The average Bonchev–Trinajstić information content (AvgIpc) is 2.48. The smallest absolute Gasteiger partial charge is 0.312 e. The van der Waals surface area contributed by atoms with E-state index in [-0.39, 0.29) is 30.2 Å². The summed E-state index contributed by atoms with van der Waals surface area (Å²) in [5, 5.41) is 3.27. The monoisotopic (exact) mass is 281 g/mol. The number of halogens is 1. The Morgan fingerprint density at radius 2 is 2.20 bits per heavy atom. The van der Waals surface area contributed by atoms with Crippen LogP contribution in [0.25, 0.3) is 0 Å². The molecule has 5 heteroatoms. The van der Waals surface area contributed by atoms with Crippen LogP contribution in [0, 0.1) is 17.7 Å². The Bertz CT molecular complexity index is 446. The van der Waals surface area contributed by atoms with Crippen molar-refractivity contribution in [2.45, 2.75) is 12.8 Å². The van der Waals surface area contributed by atoms with Crippen molar-refractivity contribution in [3.05, 3.63) is 30.1 Å². The maximum Gasteiger partial charge on any atom is 0.312 e. The third-order valence-electron chi connectivity index (χ3n) is 3.68. The molecule has 1 aromatic carbocycles. The summed E-state index contributed by atoms with van der Waals surface area (Å²) < 4.78 is 23.5. The molecule has 0 aromatic heterocycles. The number of hydrogen-bond donors (Lipinski definition) is 1. The summed E-state index contributed by atoms with van der Waals surface area (Å²) in [4.78, 5) is 11.9. The first-order valence-electron chi connectivity index (χ1n) is 6.87. The summed E-state index contributed by atoms with van der Waals surface area (Å²) in [7, 11) is 1.39. The average molecular weight is 281 g/mol. The van der Waals surface area contributed by atoms with Gasteiger partial charge in [-0.2, -0.15) is 0 Å². The maximum atomic E-state index is 13.1. The molecular formula is C15H20FNO3. The Hall–Kier alpha value is -1.62. The predicted molar refractivity (Wildman–Crippen MR) is 73.0 cm³/mol. The number of methoxy groups -OCH3 is 1. The van der Waals surface area contributed by atoms with Crippen LogP contribution >= 0.6 is 0 Å². The van der Waals surface area contributed by atoms with E-state index in [1.54, 1.807) is 12.1 Å². The van der Waals surface area contributed by atoms with E-state index in [9.17, 15) is 9.18 Å². The molecular weight excluding hydrogens is 261 g/mol. The van der Waals surface area contributed by atoms with Crippen LogP contribution < -0.4 is 10.1 Å². The van der Waals surface area contributed by atoms with Gasteiger partial charge < -0.3 is 14.8 Å². The van der Waals surface area contributed by atoms with Crippen molar-refractivity contribution >= 4 is 5.97 Å². The van der Waals surface area contributed by atoms with Gasteiger partial charge in [0.25, 0.3) is 0 Å². The summed E-state index contributed by atoms with van der Waals surface area (Å²) in [5.74, 6) is -0.220. The molecule has 1 N–H and O–H groups in total. The first kappa shape index (κ1) is 14.8. The summed E-state index contributed by atoms with van der Waals surface area (Å²) in [6.45, 7) is 2.02. The quantitative estimate of drug-likeness (QED) is 0.839. The second-order valence-corrected chi connectivity index (χ2v) is 4.99. The minimum absolute atomic E-state index is 0.223. The van der Waals surface area contributed by atoms with E-state index in [0.29, 0.717) is 5.75 Å². The van der Waals surface area contributed by atoms with Crippen LogP contribution in [0.2, 0.25) is 0 Å². The molecule has 0 amide bonds. The highest BCUT2D eigenvalue weighted by molar-refractivity contribution is 5.72. The highest BCUT2D eigenvalue weighted by Crippen LogP contribution is 2.24. The first-order chi connectivity index (χ1) is 9.70. The molecule has 0 spiro atoms. The van der Waals surface area contributed by atoms with Crippen molar-refractivity contribution in [3.63, 3.8) is 0 Å². The summed E-state index contributed by atoms with van der Waals surface area (Å²) in [5.41, 5.74) is 0. The molecule has 4 nitrogen and oxygen atoms in total. The van der Waals surface area contributed by atoms with Gasteiger partial charge in [-0.05, 0) is 44.0 Å². The highest BCUT2D eigenvalue weighted by Gasteiger charge is 2.31. The fourth-order valence-corrected chi connectivity index (χ4v) is 2.54. The van der Waals surface area contributed by atoms with E-state index in [4.69, 9.17) is 9.47 Å². The summed E-state index contributed by atoms with van der Waals surface area (Å²) in [6.07, 6.45) is 1.85. The number of hydrogen-bond acceptors (Lipinski definition) is 4. The summed E-state index contributed by atoms with van der Waals surface area (Å²) >= 11 is 0. The largest absolute Gasteiger partial charge is 0.493 e. The second kappa shape index (κ2) is 7.24. The van der Waals surface area contributed by atoms with E-state index in [2.05, 4.69) is 5.32 Å². The molecule has 1 heterocycles. The number of piperidine rings is 1. The topological polar surface area (TPSA) is 47.6 Å². The van der Waals surface area contributed by atoms with Gasteiger partial charge in [0.15, 0.2) is 0 Å². The summed E-state index contributed by atoms with van der Waals surface area (Å²) in [6, 6.07) is 5.94. The molecule has 1 fully saturated rings. The number of carbonyl (C=O) groups is 1. The van der Waals surface area contributed by atoms with Crippen molar-refractivity contribution in [1.82, 2.24) is 5.32 Å². The van der Waals surface area contributed by atoms with Crippen molar-refractivity contribution in [2.24, 2.45) is 11.8 Å². The van der Waals surface area contributed by atoms with Crippen molar-refractivity contribution in [1.29, 1.82) is 0 Å². The van der Waals surface area contributed by atoms with Gasteiger partial charge in [0.2, 0.25) is 0 Å². The van der Waals surface area contributed by atoms with Crippen molar-refractivity contribution in [2.75, 3.05) is 26.8 Å². The Morgan fingerprint density at radius 1 is 1.45 bits per heavy atom. The zero-order valence-corrected chi connectivity index (χ0v) is 11.6. The molecule has 0 aliphatic carbocycles. The zero-order chi connectivity index (χ0) is 14.4. The molecule has 1 aliphatic heterocycles. The van der Waals surface area contributed by atoms with Gasteiger partial charge >= 0.3 is 5.97 Å². The van der Waals surface area contributed by atoms with Gasteiger partial charge in [0, 0.05) is 6.07 Å². The van der Waals surface area contributed by atoms with Crippen LogP contribution in [0.1, 0.15) is 12.8 Å². The number of benzene rings is 1. The third-order valence-corrected chi connectivity index (χ3v) is 3.68. The van der Waals surface area contributed by atoms with Crippen molar-refractivity contribution in [3.8, 4) is 5.75 Å². The fraction of sp³-hybridized carbons (Fsp3) is 0.533. The van der Waals surface area contributed by atoms with Gasteiger partial charge in [-0.15, -0.1) is 0 Å². The zero-order valence-electron chi connectivity index (χ0n) is 11.6. The van der Waals surface area contributed by atoms with E-state index in [1.165, 1.54) is 19.2 Å². The van der Waals surface area contributed by atoms with Crippen LogP contribution in [0.3, 0.4) is 0 Å². The minimum Gasteiger partial charge on any atom is -0.493 e. The molecule has 0 saturated carbocycles. The Balaban J connectivity index is 1.98. The van der Waals surface area contributed by atoms with Gasteiger partial charge in [-0.3, -0.25) is 4.79 Å². The standard InChI is InChI=1S/C15H20FNO3/c1-19-15(18)14(11-5-7-17-8-6-11)10-20-13-4-2-3-12(16)9-13/h2-4,9,11,14,17H,5-8,10H2,1H3. The van der Waals surface area contributed by atoms with E-state index in [1.807, 2.05) is 0 Å². The SMILES string of the molecule is COC(=O)C(COc1cccc(F)c1)C1CCNCC1. The number of ether oxygens (including phenoxy) is 2. The number of rotatable bonds is 5. The molecule has 1 aromatic rings. The fourth-order valence-electron chi connectivity index (χ4n) is 2.54. The van der Waals surface area contributed by atoms with Gasteiger partial charge in [-0.25, -0.2) is 4.39 Å². The number of carbonyl (C=O) groups excluding carboxylic acids is 1. The molecule has 0 radical (unpaired) electrons. The predicted octanol–water partition coefficient (Wildman–Crippen LogP) is 1.99. The Labute approximate surface area is 118 Å². The molecule has 1 aliphatic rings. The molecule has 2 rings (SSSR count). The molecule has 1 saturated heterocycles. The van der Waals surface area contributed by atoms with Gasteiger partial charge in [0.05, 0.1) is 13.0 Å². The minimum atomic E-state index is -0.348. The normalized spacial score (nSPS) is 17.5. The molecule has 0 bridgehead atoms. The molecule has 1 unspecified atom stereocenters. The second-order valence-electron chi connectivity index (χ2n) is 4.99. The number of esters is 1. The van der Waals surface area contributed by atoms with Crippen LogP contribution in [0.4, 0.5) is 4.39 Å². The maximum absolute atomic E-state index is 13.1. The van der Waals surface area contributed by atoms with Gasteiger partial charge in [0.1, 0.15) is 18.2 Å². The van der Waals surface area contributed by atoms with Crippen LogP contribution in [-0.4, -0.2) is 32.8 Å². The lowest BCUT2D eigenvalue weighted by Gasteiger charge is -2.28. The lowest BCUT2D eigenvalue weighted by Crippen LogP contribution is -2.37. The third kappa shape index (κ3) is 3.93. The van der Waals surface area contributed by atoms with Gasteiger partial charge in [-0.1, -0.05) is 6.07 Å². The first-order valence-corrected chi connectivity index (χ1v) is 6.87. The Kier molecular flexibility index (Phi) is 5.35. The lowest BCUT2D eigenvalue weighted by atomic mass is 9.85. The molecule has 20 heavy (non-hydrogen) atoms. The van der Waals surface area contributed by atoms with Crippen molar-refractivity contribution < 1.29 is 18.7 Å². The molecule has 110 valence electrons. The lowest BCUT2D eigenvalue weighted by molar-refractivity contribution is -0.149. The van der Waals surface area contributed by atoms with E-state index < -0.39 is 0 Å².